The van der Waals surface area contributed by atoms with E-state index in [2.05, 4.69) is 10.3 Å². The molecule has 152 valence electrons. The molecular weight excluding hydrogens is 423 g/mol. The molecule has 0 unspecified atom stereocenters. The van der Waals surface area contributed by atoms with Crippen LogP contribution in [0, 0.1) is 0 Å². The number of hydrogen-bond donors (Lipinski definition) is 1. The first-order valence-corrected chi connectivity index (χ1v) is 10.7. The highest BCUT2D eigenvalue weighted by Crippen LogP contribution is 2.35. The molecule has 0 atom stereocenters. The van der Waals surface area contributed by atoms with Crippen molar-refractivity contribution in [2.24, 2.45) is 7.05 Å². The number of halogens is 3. The van der Waals surface area contributed by atoms with Gasteiger partial charge in [0.05, 0.1) is 16.7 Å². The Morgan fingerprint density at radius 3 is 2.90 bits per heavy atom. The van der Waals surface area contributed by atoms with Crippen LogP contribution in [0.5, 0.6) is 0 Å². The number of nitrogens with one attached hydrogen (secondary N) is 1. The third-order valence-electron chi connectivity index (χ3n) is 4.71. The summed E-state index contributed by atoms with van der Waals surface area (Å²) in [6, 6.07) is 4.46. The van der Waals surface area contributed by atoms with E-state index in [-0.39, 0.29) is 17.0 Å². The zero-order chi connectivity index (χ0) is 20.8. The van der Waals surface area contributed by atoms with Gasteiger partial charge in [0, 0.05) is 17.6 Å². The Balaban J connectivity index is 1.49. The zero-order valence-electron chi connectivity index (χ0n) is 15.3. The van der Waals surface area contributed by atoms with Crippen LogP contribution in [0.2, 0.25) is 0 Å². The Bertz CT molecular complexity index is 1170. The van der Waals surface area contributed by atoms with Crippen molar-refractivity contribution in [1.82, 2.24) is 9.55 Å². The number of fused-ring (bicyclic) bond motifs is 3. The van der Waals surface area contributed by atoms with Crippen LogP contribution in [-0.2, 0) is 30.9 Å². The Morgan fingerprint density at radius 1 is 1.34 bits per heavy atom. The molecule has 0 aliphatic heterocycles. The van der Waals surface area contributed by atoms with Crippen molar-refractivity contribution in [3.05, 3.63) is 50.6 Å². The summed E-state index contributed by atoms with van der Waals surface area (Å²) in [5, 5.41) is 3.53. The summed E-state index contributed by atoms with van der Waals surface area (Å²) in [4.78, 5) is 31.4. The lowest BCUT2D eigenvalue weighted by Crippen LogP contribution is -2.21. The monoisotopic (exact) mass is 439 g/mol. The molecule has 0 saturated heterocycles. The van der Waals surface area contributed by atoms with Crippen molar-refractivity contribution in [2.75, 3.05) is 11.1 Å². The number of rotatable bonds is 4. The van der Waals surface area contributed by atoms with Gasteiger partial charge in [-0.15, -0.1) is 11.3 Å². The summed E-state index contributed by atoms with van der Waals surface area (Å²) in [5.41, 5.74) is 0.202. The molecule has 29 heavy (non-hydrogen) atoms. The van der Waals surface area contributed by atoms with Crippen LogP contribution in [0.25, 0.3) is 10.2 Å². The predicted octanol–water partition coefficient (Wildman–Crippen LogP) is 4.23. The maximum atomic E-state index is 12.8. The molecule has 0 bridgehead atoms. The van der Waals surface area contributed by atoms with E-state index in [9.17, 15) is 22.8 Å². The van der Waals surface area contributed by atoms with E-state index in [4.69, 9.17) is 0 Å². The minimum atomic E-state index is -4.48. The van der Waals surface area contributed by atoms with Gasteiger partial charge in [-0.3, -0.25) is 14.2 Å². The maximum Gasteiger partial charge on any atom is 0.416 e. The topological polar surface area (TPSA) is 64.0 Å². The van der Waals surface area contributed by atoms with Crippen LogP contribution in [-0.4, -0.2) is 21.2 Å². The molecular formula is C19H16F3N3O2S2. The molecule has 0 spiro atoms. The van der Waals surface area contributed by atoms with Gasteiger partial charge >= 0.3 is 6.18 Å². The molecule has 0 fully saturated rings. The molecule has 1 amide bonds. The first-order chi connectivity index (χ1) is 13.7. The van der Waals surface area contributed by atoms with Crippen LogP contribution in [0.1, 0.15) is 22.4 Å². The number of carbonyl (C=O) groups is 1. The van der Waals surface area contributed by atoms with Crippen LogP contribution in [0.4, 0.5) is 18.9 Å². The molecule has 1 aromatic carbocycles. The van der Waals surface area contributed by atoms with Gasteiger partial charge in [-0.2, -0.15) is 13.2 Å². The van der Waals surface area contributed by atoms with E-state index in [0.717, 1.165) is 48.7 Å². The number of aryl methyl sites for hydroxylation is 2. The van der Waals surface area contributed by atoms with E-state index < -0.39 is 17.6 Å². The number of carbonyl (C=O) groups excluding carboxylic acids is 1. The molecule has 10 heteroatoms. The van der Waals surface area contributed by atoms with Gasteiger partial charge in [-0.1, -0.05) is 17.8 Å². The Labute approximate surface area is 172 Å². The van der Waals surface area contributed by atoms with Crippen LogP contribution < -0.4 is 10.9 Å². The lowest BCUT2D eigenvalue weighted by molar-refractivity contribution is -0.137. The second-order valence-electron chi connectivity index (χ2n) is 6.71. The van der Waals surface area contributed by atoms with E-state index in [0.29, 0.717) is 15.4 Å². The Kier molecular flexibility index (Phi) is 5.16. The van der Waals surface area contributed by atoms with Gasteiger partial charge in [0.1, 0.15) is 4.83 Å². The fourth-order valence-electron chi connectivity index (χ4n) is 3.34. The lowest BCUT2D eigenvalue weighted by Gasteiger charge is -2.10. The Hall–Kier alpha value is -2.33. The van der Waals surface area contributed by atoms with Crippen LogP contribution >= 0.6 is 23.1 Å². The summed E-state index contributed by atoms with van der Waals surface area (Å²) in [5.74, 6) is -0.551. The maximum absolute atomic E-state index is 12.8. The molecule has 1 aliphatic rings. The first-order valence-electron chi connectivity index (χ1n) is 8.85. The standard InChI is InChI=1S/C19H16F3N3O2S2/c1-25-17(27)15-12-6-3-7-13(12)29-16(15)24-18(25)28-9-14(26)23-11-5-2-4-10(8-11)19(20,21)22/h2,4-5,8H,3,6-7,9H2,1H3,(H,23,26). The van der Waals surface area contributed by atoms with E-state index >= 15 is 0 Å². The fourth-order valence-corrected chi connectivity index (χ4v) is 5.41. The summed E-state index contributed by atoms with van der Waals surface area (Å²) in [7, 11) is 1.61. The fraction of sp³-hybridized carbons (Fsp3) is 0.316. The smallest absolute Gasteiger partial charge is 0.325 e. The predicted molar refractivity (Wildman–Crippen MR) is 108 cm³/mol. The average Bonchev–Trinajstić information content (AvgIpc) is 3.23. The minimum absolute atomic E-state index is 0.0670. The number of aromatic nitrogens is 2. The number of alkyl halides is 3. The highest BCUT2D eigenvalue weighted by molar-refractivity contribution is 7.99. The molecule has 0 saturated carbocycles. The summed E-state index contributed by atoms with van der Waals surface area (Å²) < 4.78 is 39.8. The molecule has 0 radical (unpaired) electrons. The van der Waals surface area contributed by atoms with E-state index in [1.54, 1.807) is 7.05 Å². The number of amides is 1. The van der Waals surface area contributed by atoms with Gasteiger partial charge in [-0.25, -0.2) is 4.98 Å². The third-order valence-corrected chi connectivity index (χ3v) is 6.93. The Morgan fingerprint density at radius 2 is 2.14 bits per heavy atom. The summed E-state index contributed by atoms with van der Waals surface area (Å²) in [6.07, 6.45) is -1.58. The third kappa shape index (κ3) is 3.91. The summed E-state index contributed by atoms with van der Waals surface area (Å²) >= 11 is 2.60. The van der Waals surface area contributed by atoms with Gasteiger partial charge < -0.3 is 5.32 Å². The minimum Gasteiger partial charge on any atom is -0.325 e. The molecule has 5 nitrogen and oxygen atoms in total. The van der Waals surface area contributed by atoms with Crippen molar-refractivity contribution in [2.45, 2.75) is 30.6 Å². The van der Waals surface area contributed by atoms with Gasteiger partial charge in [0.2, 0.25) is 5.91 Å². The number of anilines is 1. The van der Waals surface area contributed by atoms with E-state index in [1.165, 1.54) is 32.9 Å². The number of benzene rings is 1. The average molecular weight is 439 g/mol. The highest BCUT2D eigenvalue weighted by atomic mass is 32.2. The van der Waals surface area contributed by atoms with Gasteiger partial charge in [-0.05, 0) is 43.0 Å². The quantitative estimate of drug-likeness (QED) is 0.488. The highest BCUT2D eigenvalue weighted by Gasteiger charge is 2.30. The van der Waals surface area contributed by atoms with Crippen LogP contribution in [0.3, 0.4) is 0 Å². The van der Waals surface area contributed by atoms with Crippen molar-refractivity contribution >= 4 is 44.9 Å². The van der Waals surface area contributed by atoms with Gasteiger partial charge in [0.15, 0.2) is 5.16 Å². The SMILES string of the molecule is Cn1c(SCC(=O)Nc2cccc(C(F)(F)F)c2)nc2sc3c(c2c1=O)CCC3. The second-order valence-corrected chi connectivity index (χ2v) is 8.74. The molecule has 3 aromatic rings. The van der Waals surface area contributed by atoms with Gasteiger partial charge in [0.25, 0.3) is 5.56 Å². The molecule has 1 N–H and O–H groups in total. The number of nitrogens with zero attached hydrogens (tertiary/aromatic N) is 2. The number of thioether (sulfide) groups is 1. The van der Waals surface area contributed by atoms with Crippen molar-refractivity contribution in [1.29, 1.82) is 0 Å². The van der Waals surface area contributed by atoms with Crippen molar-refractivity contribution < 1.29 is 18.0 Å². The first kappa shape index (κ1) is 20.0. The van der Waals surface area contributed by atoms with Crippen molar-refractivity contribution in [3.63, 3.8) is 0 Å². The van der Waals surface area contributed by atoms with E-state index in [1.807, 2.05) is 0 Å². The number of hydrogen-bond acceptors (Lipinski definition) is 5. The largest absolute Gasteiger partial charge is 0.416 e. The number of thiophene rings is 1. The zero-order valence-corrected chi connectivity index (χ0v) is 16.9. The van der Waals surface area contributed by atoms with Crippen molar-refractivity contribution in [3.8, 4) is 0 Å². The molecule has 2 heterocycles. The molecule has 4 rings (SSSR count). The molecule has 2 aromatic heterocycles. The summed E-state index contributed by atoms with van der Waals surface area (Å²) in [6.45, 7) is 0. The van der Waals surface area contributed by atoms with Crippen LogP contribution in [0.15, 0.2) is 34.2 Å². The molecule has 1 aliphatic carbocycles. The lowest BCUT2D eigenvalue weighted by atomic mass is 10.2. The normalized spacial score (nSPS) is 13.7. The second kappa shape index (κ2) is 7.49.